The highest BCUT2D eigenvalue weighted by Crippen LogP contribution is 2.19. The van der Waals surface area contributed by atoms with E-state index in [0.717, 1.165) is 77.0 Å². The van der Waals surface area contributed by atoms with Crippen molar-refractivity contribution in [1.82, 2.24) is 5.32 Å². The van der Waals surface area contributed by atoms with Crippen LogP contribution in [0.15, 0.2) is 36.5 Å². The number of carboxylic acids is 1. The maximum atomic E-state index is 12.7. The monoisotopic (exact) mass is 716 g/mol. The third kappa shape index (κ3) is 40.3. The molecule has 0 saturated carbocycles. The Morgan fingerprint density at radius 2 is 0.902 bits per heavy atom. The van der Waals surface area contributed by atoms with Gasteiger partial charge in [-0.25, -0.2) is 0 Å². The van der Waals surface area contributed by atoms with Crippen molar-refractivity contribution in [1.29, 1.82) is 0 Å². The molecular formula is C45H81NO5. The Hall–Kier alpha value is -2.37. The molecule has 1 amide bonds. The molecule has 0 spiro atoms. The Morgan fingerprint density at radius 1 is 0.510 bits per heavy atom. The van der Waals surface area contributed by atoms with Gasteiger partial charge in [0, 0.05) is 12.8 Å². The van der Waals surface area contributed by atoms with Crippen LogP contribution in [0.25, 0.3) is 0 Å². The van der Waals surface area contributed by atoms with Crippen molar-refractivity contribution in [2.24, 2.45) is 0 Å². The number of rotatable bonds is 39. The Kier molecular flexibility index (Phi) is 38.5. The van der Waals surface area contributed by atoms with Crippen LogP contribution in [0.2, 0.25) is 0 Å². The molecule has 6 heteroatoms. The first kappa shape index (κ1) is 48.6. The maximum Gasteiger partial charge on any atom is 0.322 e. The van der Waals surface area contributed by atoms with Crippen molar-refractivity contribution in [3.05, 3.63) is 36.5 Å². The Balaban J connectivity index is 3.90. The van der Waals surface area contributed by atoms with E-state index in [-0.39, 0.29) is 24.5 Å². The van der Waals surface area contributed by atoms with Gasteiger partial charge in [-0.3, -0.25) is 14.4 Å². The van der Waals surface area contributed by atoms with Crippen LogP contribution in [0.1, 0.15) is 219 Å². The first-order valence-corrected chi connectivity index (χ1v) is 21.6. The first-order chi connectivity index (χ1) is 25.0. The van der Waals surface area contributed by atoms with Gasteiger partial charge in [0.05, 0.1) is 0 Å². The van der Waals surface area contributed by atoms with Gasteiger partial charge >= 0.3 is 11.9 Å². The standard InChI is InChI=1S/C45H81NO5/c1-3-5-7-9-11-12-13-14-15-16-17-18-19-20-21-22-23-24-25-26-27-32-36-40-45(50)51-42(37-33-29-10-8-6-4-2)38-34-30-28-31-35-39-43(47)46-41-44(48)49/h13-14,16-17,19-20,42H,3-12,15,18,21-41H2,1-2H3,(H,46,47)(H,48,49)/b14-13-,17-16-,20-19-. The molecule has 51 heavy (non-hydrogen) atoms. The third-order valence-electron chi connectivity index (χ3n) is 9.56. The summed E-state index contributed by atoms with van der Waals surface area (Å²) < 4.78 is 5.98. The second kappa shape index (κ2) is 40.4. The average molecular weight is 716 g/mol. The summed E-state index contributed by atoms with van der Waals surface area (Å²) in [7, 11) is 0. The van der Waals surface area contributed by atoms with Gasteiger partial charge in [0.15, 0.2) is 0 Å². The number of carbonyl (C=O) groups is 3. The van der Waals surface area contributed by atoms with Crippen molar-refractivity contribution in [2.45, 2.75) is 225 Å². The molecule has 2 N–H and O–H groups in total. The second-order valence-corrected chi connectivity index (χ2v) is 14.6. The van der Waals surface area contributed by atoms with Crippen LogP contribution >= 0.6 is 0 Å². The van der Waals surface area contributed by atoms with Crippen LogP contribution in [-0.2, 0) is 19.1 Å². The molecule has 1 atom stereocenters. The topological polar surface area (TPSA) is 92.7 Å². The summed E-state index contributed by atoms with van der Waals surface area (Å²) in [6.45, 7) is 4.19. The highest BCUT2D eigenvalue weighted by Gasteiger charge is 2.14. The number of ether oxygens (including phenoxy) is 1. The molecule has 6 nitrogen and oxygen atoms in total. The van der Waals surface area contributed by atoms with Gasteiger partial charge in [0.2, 0.25) is 5.91 Å². The number of esters is 1. The zero-order chi connectivity index (χ0) is 37.3. The van der Waals surface area contributed by atoms with Gasteiger partial charge in [0.1, 0.15) is 12.6 Å². The molecule has 0 heterocycles. The quantitative estimate of drug-likeness (QED) is 0.0375. The van der Waals surface area contributed by atoms with Crippen LogP contribution in [0, 0.1) is 0 Å². The predicted octanol–water partition coefficient (Wildman–Crippen LogP) is 13.3. The van der Waals surface area contributed by atoms with Crippen molar-refractivity contribution < 1.29 is 24.2 Å². The Labute approximate surface area is 315 Å². The van der Waals surface area contributed by atoms with E-state index in [0.29, 0.717) is 12.8 Å². The molecule has 0 aromatic heterocycles. The van der Waals surface area contributed by atoms with Crippen LogP contribution in [0.5, 0.6) is 0 Å². The van der Waals surface area contributed by atoms with E-state index in [1.165, 1.54) is 116 Å². The fourth-order valence-electron chi connectivity index (χ4n) is 6.35. The van der Waals surface area contributed by atoms with E-state index in [4.69, 9.17) is 9.84 Å². The molecule has 1 unspecified atom stereocenters. The number of carboxylic acid groups (broad SMARTS) is 1. The second-order valence-electron chi connectivity index (χ2n) is 14.6. The van der Waals surface area contributed by atoms with Gasteiger partial charge in [-0.1, -0.05) is 166 Å². The first-order valence-electron chi connectivity index (χ1n) is 21.6. The van der Waals surface area contributed by atoms with Crippen LogP contribution in [-0.4, -0.2) is 35.6 Å². The van der Waals surface area contributed by atoms with Gasteiger partial charge in [-0.2, -0.15) is 0 Å². The normalized spacial score (nSPS) is 12.4. The molecule has 0 aromatic carbocycles. The predicted molar refractivity (Wildman–Crippen MR) is 217 cm³/mol. The fourth-order valence-corrected chi connectivity index (χ4v) is 6.35. The highest BCUT2D eigenvalue weighted by molar-refractivity contribution is 5.80. The van der Waals surface area contributed by atoms with Crippen molar-refractivity contribution >= 4 is 17.8 Å². The summed E-state index contributed by atoms with van der Waals surface area (Å²) >= 11 is 0. The number of amides is 1. The molecule has 0 aliphatic rings. The van der Waals surface area contributed by atoms with Crippen molar-refractivity contribution in [3.63, 3.8) is 0 Å². The van der Waals surface area contributed by atoms with Crippen LogP contribution < -0.4 is 5.32 Å². The fraction of sp³-hybridized carbons (Fsp3) is 0.800. The van der Waals surface area contributed by atoms with E-state index >= 15 is 0 Å². The average Bonchev–Trinajstić information content (AvgIpc) is 3.11. The molecule has 0 rings (SSSR count). The molecule has 296 valence electrons. The van der Waals surface area contributed by atoms with E-state index < -0.39 is 5.97 Å². The lowest BCUT2D eigenvalue weighted by Gasteiger charge is -2.18. The molecule has 0 bridgehead atoms. The van der Waals surface area contributed by atoms with Gasteiger partial charge in [0.25, 0.3) is 0 Å². The van der Waals surface area contributed by atoms with Gasteiger partial charge in [-0.05, 0) is 77.0 Å². The Morgan fingerprint density at radius 3 is 1.37 bits per heavy atom. The maximum absolute atomic E-state index is 12.7. The molecule has 0 saturated heterocycles. The Bertz CT molecular complexity index is 880. The highest BCUT2D eigenvalue weighted by atomic mass is 16.5. The van der Waals surface area contributed by atoms with Crippen LogP contribution in [0.4, 0.5) is 0 Å². The summed E-state index contributed by atoms with van der Waals surface area (Å²) in [6, 6.07) is 0. The molecule has 0 aliphatic heterocycles. The number of aliphatic carboxylic acids is 1. The largest absolute Gasteiger partial charge is 0.480 e. The van der Waals surface area contributed by atoms with Crippen molar-refractivity contribution in [2.75, 3.05) is 6.54 Å². The zero-order valence-corrected chi connectivity index (χ0v) is 33.5. The van der Waals surface area contributed by atoms with Crippen molar-refractivity contribution in [3.8, 4) is 0 Å². The number of carbonyl (C=O) groups excluding carboxylic acids is 2. The minimum atomic E-state index is -1.02. The lowest BCUT2D eigenvalue weighted by Crippen LogP contribution is -2.28. The molecule has 0 fully saturated rings. The molecule has 0 aliphatic carbocycles. The summed E-state index contributed by atoms with van der Waals surface area (Å²) in [5.41, 5.74) is 0. The molecule has 0 aromatic rings. The van der Waals surface area contributed by atoms with Gasteiger partial charge in [-0.15, -0.1) is 0 Å². The molecular weight excluding hydrogens is 634 g/mol. The summed E-state index contributed by atoms with van der Waals surface area (Å²) in [4.78, 5) is 34.9. The number of allylic oxidation sites excluding steroid dienone is 6. The van der Waals surface area contributed by atoms with E-state index in [1.54, 1.807) is 0 Å². The number of nitrogens with one attached hydrogen (secondary N) is 1. The summed E-state index contributed by atoms with van der Waals surface area (Å²) in [5.74, 6) is -1.24. The smallest absolute Gasteiger partial charge is 0.322 e. The summed E-state index contributed by atoms with van der Waals surface area (Å²) in [5, 5.41) is 11.1. The zero-order valence-electron chi connectivity index (χ0n) is 33.5. The number of hydrogen-bond donors (Lipinski definition) is 2. The van der Waals surface area contributed by atoms with Crippen LogP contribution in [0.3, 0.4) is 0 Å². The van der Waals surface area contributed by atoms with E-state index in [1.807, 2.05) is 0 Å². The number of unbranched alkanes of at least 4 members (excludes halogenated alkanes) is 22. The molecule has 0 radical (unpaired) electrons. The third-order valence-corrected chi connectivity index (χ3v) is 9.56. The minimum Gasteiger partial charge on any atom is -0.480 e. The minimum absolute atomic E-state index is 0.0257. The SMILES string of the molecule is CCCCCCC/C=C\C/C=C\C/C=C\CCCCCCCCCCC(=O)OC(CCCCCCCC)CCCCCCCC(=O)NCC(=O)O. The lowest BCUT2D eigenvalue weighted by molar-refractivity contribution is -0.150. The lowest BCUT2D eigenvalue weighted by atomic mass is 10.0. The van der Waals surface area contributed by atoms with E-state index in [9.17, 15) is 14.4 Å². The van der Waals surface area contributed by atoms with E-state index in [2.05, 4.69) is 55.6 Å². The summed E-state index contributed by atoms with van der Waals surface area (Å²) in [6.07, 6.45) is 50.0. The van der Waals surface area contributed by atoms with Gasteiger partial charge < -0.3 is 15.2 Å². The number of hydrogen-bond acceptors (Lipinski definition) is 4.